The quantitative estimate of drug-likeness (QED) is 0.477. The van der Waals surface area contributed by atoms with Crippen molar-refractivity contribution in [3.05, 3.63) is 63.1 Å². The Labute approximate surface area is 183 Å². The summed E-state index contributed by atoms with van der Waals surface area (Å²) >= 11 is 13.6. The van der Waals surface area contributed by atoms with Crippen LogP contribution in [0.4, 0.5) is 5.95 Å². The molecule has 1 atom stereocenters. The van der Waals surface area contributed by atoms with Gasteiger partial charge in [-0.25, -0.2) is 9.97 Å². The predicted octanol–water partition coefficient (Wildman–Crippen LogP) is 4.24. The lowest BCUT2D eigenvalue weighted by molar-refractivity contribution is 0.0939. The van der Waals surface area contributed by atoms with Gasteiger partial charge in [0.25, 0.3) is 5.91 Å². The number of hydrogen-bond acceptors (Lipinski definition) is 6. The first-order valence-electron chi connectivity index (χ1n) is 9.06. The first-order chi connectivity index (χ1) is 14.0. The molecule has 152 valence electrons. The Bertz CT molecular complexity index is 995. The number of hydrogen-bond donors (Lipinski definition) is 3. The summed E-state index contributed by atoms with van der Waals surface area (Å²) in [5, 5.41) is 7.14. The Balaban J connectivity index is 1.72. The van der Waals surface area contributed by atoms with Crippen LogP contribution in [0.15, 0.2) is 42.6 Å². The summed E-state index contributed by atoms with van der Waals surface area (Å²) in [5.74, 6) is 0.387. The molecule has 2 heterocycles. The number of amides is 1. The van der Waals surface area contributed by atoms with Crippen molar-refractivity contribution in [3.8, 4) is 10.6 Å². The second kappa shape index (κ2) is 10.0. The first-order valence-corrected chi connectivity index (χ1v) is 10.6. The fourth-order valence-electron chi connectivity index (χ4n) is 2.85. The molecule has 0 saturated heterocycles. The van der Waals surface area contributed by atoms with Crippen LogP contribution < -0.4 is 16.4 Å². The van der Waals surface area contributed by atoms with Crippen LogP contribution in [0.25, 0.3) is 10.6 Å². The molecule has 29 heavy (non-hydrogen) atoms. The summed E-state index contributed by atoms with van der Waals surface area (Å²) in [6.07, 6.45) is 2.90. The van der Waals surface area contributed by atoms with E-state index in [1.54, 1.807) is 31.4 Å². The molecule has 9 heteroatoms. The number of nitrogens with one attached hydrogen (secondary N) is 2. The molecule has 0 spiro atoms. The number of thiophene rings is 1. The number of rotatable bonds is 8. The van der Waals surface area contributed by atoms with Gasteiger partial charge in [0.15, 0.2) is 0 Å². The van der Waals surface area contributed by atoms with E-state index in [9.17, 15) is 4.79 Å². The van der Waals surface area contributed by atoms with Crippen molar-refractivity contribution in [1.29, 1.82) is 0 Å². The second-order valence-electron chi connectivity index (χ2n) is 6.37. The van der Waals surface area contributed by atoms with Gasteiger partial charge in [0.1, 0.15) is 0 Å². The summed E-state index contributed by atoms with van der Waals surface area (Å²) in [5.41, 5.74) is 7.43. The van der Waals surface area contributed by atoms with Gasteiger partial charge in [-0.1, -0.05) is 29.3 Å². The molecule has 0 unspecified atom stereocenters. The molecule has 2 aromatic heterocycles. The molecule has 0 bridgehead atoms. The van der Waals surface area contributed by atoms with Crippen LogP contribution >= 0.6 is 34.5 Å². The molecule has 3 rings (SSSR count). The molecular weight excluding hydrogens is 429 g/mol. The normalized spacial score (nSPS) is 11.9. The number of carbonyl (C=O) groups excluding carboxylic acids is 1. The molecule has 0 aliphatic carbocycles. The van der Waals surface area contributed by atoms with E-state index in [4.69, 9.17) is 28.9 Å². The number of halogens is 2. The molecule has 1 aromatic carbocycles. The van der Waals surface area contributed by atoms with Gasteiger partial charge in [-0.15, -0.1) is 11.3 Å². The predicted molar refractivity (Wildman–Crippen MR) is 120 cm³/mol. The molecule has 0 radical (unpaired) electrons. The first kappa shape index (κ1) is 21.5. The van der Waals surface area contributed by atoms with Crippen LogP contribution in [0.1, 0.15) is 21.7 Å². The average molecular weight is 450 g/mol. The van der Waals surface area contributed by atoms with Crippen LogP contribution in [0, 0.1) is 0 Å². The Morgan fingerprint density at radius 3 is 2.79 bits per heavy atom. The second-order valence-corrected chi connectivity index (χ2v) is 8.29. The number of anilines is 1. The molecule has 0 aliphatic heterocycles. The molecule has 6 nitrogen and oxygen atoms in total. The topological polar surface area (TPSA) is 92.9 Å². The van der Waals surface area contributed by atoms with Crippen molar-refractivity contribution in [2.75, 3.05) is 18.9 Å². The monoisotopic (exact) mass is 449 g/mol. The highest BCUT2D eigenvalue weighted by molar-refractivity contribution is 7.17. The highest BCUT2D eigenvalue weighted by atomic mass is 35.5. The maximum absolute atomic E-state index is 12.8. The minimum Gasteiger partial charge on any atom is -0.357 e. The van der Waals surface area contributed by atoms with Gasteiger partial charge in [0.2, 0.25) is 5.95 Å². The standard InChI is InChI=1S/C20H21Cl2N5OS/c1-24-20-25-9-7-16(27-20)17-4-5-18(29-17)19(28)26-14(6-8-23)10-12-2-3-13(21)11-15(12)22/h2-5,7,9,11,14H,6,8,10,23H2,1H3,(H,26,28)(H,24,25,27)/t14-/m0/s1. The van der Waals surface area contributed by atoms with Gasteiger partial charge >= 0.3 is 0 Å². The Hall–Kier alpha value is -2.19. The van der Waals surface area contributed by atoms with Gasteiger partial charge in [0, 0.05) is 29.3 Å². The minimum absolute atomic E-state index is 0.133. The fraction of sp³-hybridized carbons (Fsp3) is 0.250. The lowest BCUT2D eigenvalue weighted by Crippen LogP contribution is -2.37. The van der Waals surface area contributed by atoms with Gasteiger partial charge in [0.05, 0.1) is 15.4 Å². The highest BCUT2D eigenvalue weighted by Crippen LogP contribution is 2.27. The number of carbonyl (C=O) groups is 1. The highest BCUT2D eigenvalue weighted by Gasteiger charge is 2.17. The van der Waals surface area contributed by atoms with Gasteiger partial charge < -0.3 is 16.4 Å². The number of aromatic nitrogens is 2. The zero-order valence-corrected chi connectivity index (χ0v) is 18.1. The Morgan fingerprint density at radius 1 is 1.24 bits per heavy atom. The summed E-state index contributed by atoms with van der Waals surface area (Å²) < 4.78 is 0. The van der Waals surface area contributed by atoms with Crippen molar-refractivity contribution in [2.45, 2.75) is 18.9 Å². The number of nitrogens with zero attached hydrogens (tertiary/aromatic N) is 2. The third kappa shape index (κ3) is 5.67. The van der Waals surface area contributed by atoms with E-state index >= 15 is 0 Å². The molecule has 0 fully saturated rings. The lowest BCUT2D eigenvalue weighted by atomic mass is 10.0. The Kier molecular flexibility index (Phi) is 7.44. The SMILES string of the molecule is CNc1nccc(-c2ccc(C(=O)N[C@@H](CCN)Cc3ccc(Cl)cc3Cl)s2)n1. The third-order valence-electron chi connectivity index (χ3n) is 4.29. The zero-order chi connectivity index (χ0) is 20.8. The molecule has 1 amide bonds. The summed E-state index contributed by atoms with van der Waals surface area (Å²) in [4.78, 5) is 22.8. The van der Waals surface area contributed by atoms with E-state index in [0.717, 1.165) is 16.1 Å². The maximum Gasteiger partial charge on any atom is 0.261 e. The molecule has 0 aliphatic rings. The number of benzene rings is 1. The molecule has 0 saturated carbocycles. The lowest BCUT2D eigenvalue weighted by Gasteiger charge is -2.18. The zero-order valence-electron chi connectivity index (χ0n) is 15.8. The minimum atomic E-state index is -0.146. The smallest absolute Gasteiger partial charge is 0.261 e. The van der Waals surface area contributed by atoms with Gasteiger partial charge in [-0.2, -0.15) is 0 Å². The van der Waals surface area contributed by atoms with E-state index in [0.29, 0.717) is 40.3 Å². The summed E-state index contributed by atoms with van der Waals surface area (Å²) in [6, 6.07) is 10.7. The van der Waals surface area contributed by atoms with Crippen molar-refractivity contribution >= 4 is 46.4 Å². The van der Waals surface area contributed by atoms with Crippen molar-refractivity contribution in [2.24, 2.45) is 5.73 Å². The van der Waals surface area contributed by atoms with Crippen LogP contribution in [-0.4, -0.2) is 35.5 Å². The van der Waals surface area contributed by atoms with E-state index in [-0.39, 0.29) is 11.9 Å². The number of nitrogens with two attached hydrogens (primary N) is 1. The summed E-state index contributed by atoms with van der Waals surface area (Å²) in [6.45, 7) is 0.458. The van der Waals surface area contributed by atoms with Crippen LogP contribution in [0.2, 0.25) is 10.0 Å². The van der Waals surface area contributed by atoms with Gasteiger partial charge in [-0.05, 0) is 55.3 Å². The third-order valence-corrected chi connectivity index (χ3v) is 5.99. The molecule has 3 aromatic rings. The maximum atomic E-state index is 12.8. The van der Waals surface area contributed by atoms with Crippen LogP contribution in [0.5, 0.6) is 0 Å². The average Bonchev–Trinajstić information content (AvgIpc) is 3.21. The van der Waals surface area contributed by atoms with Crippen molar-refractivity contribution in [1.82, 2.24) is 15.3 Å². The van der Waals surface area contributed by atoms with E-state index in [1.165, 1.54) is 11.3 Å². The van der Waals surface area contributed by atoms with Crippen molar-refractivity contribution in [3.63, 3.8) is 0 Å². The Morgan fingerprint density at radius 2 is 2.07 bits per heavy atom. The largest absolute Gasteiger partial charge is 0.357 e. The van der Waals surface area contributed by atoms with E-state index < -0.39 is 0 Å². The summed E-state index contributed by atoms with van der Waals surface area (Å²) in [7, 11) is 1.76. The van der Waals surface area contributed by atoms with E-state index in [2.05, 4.69) is 20.6 Å². The van der Waals surface area contributed by atoms with Crippen LogP contribution in [0.3, 0.4) is 0 Å². The molecule has 4 N–H and O–H groups in total. The van der Waals surface area contributed by atoms with Gasteiger partial charge in [-0.3, -0.25) is 4.79 Å². The van der Waals surface area contributed by atoms with E-state index in [1.807, 2.05) is 18.2 Å². The van der Waals surface area contributed by atoms with Crippen LogP contribution in [-0.2, 0) is 6.42 Å². The van der Waals surface area contributed by atoms with Crippen molar-refractivity contribution < 1.29 is 4.79 Å². The molecular formula is C20H21Cl2N5OS. The fourth-order valence-corrected chi connectivity index (χ4v) is 4.21.